The normalized spacial score (nSPS) is 33.7. The molecule has 0 aromatic carbocycles. The van der Waals surface area contributed by atoms with Crippen molar-refractivity contribution in [2.75, 3.05) is 12.4 Å². The molecule has 1 saturated heterocycles. The summed E-state index contributed by atoms with van der Waals surface area (Å²) in [5.41, 5.74) is 0.576. The Hall–Kier alpha value is -0.900. The predicted molar refractivity (Wildman–Crippen MR) is 102 cm³/mol. The van der Waals surface area contributed by atoms with Crippen LogP contribution in [0.15, 0.2) is 23.8 Å². The van der Waals surface area contributed by atoms with Crippen LogP contribution in [0.25, 0.3) is 0 Å². The average molecular weight is 403 g/mol. The highest BCUT2D eigenvalue weighted by Crippen LogP contribution is 2.31. The number of ether oxygens (including phenoxy) is 1. The molecule has 0 aromatic rings. The highest BCUT2D eigenvalue weighted by molar-refractivity contribution is 7.99. The summed E-state index contributed by atoms with van der Waals surface area (Å²) in [6, 6.07) is 0. The Bertz CT molecular complexity index is 534. The molecule has 0 spiro atoms. The number of carboxylic acid groups (broad SMARTS) is 1. The molecular formula is C19H30O7S. The summed E-state index contributed by atoms with van der Waals surface area (Å²) in [5.74, 6) is 0.365. The van der Waals surface area contributed by atoms with Crippen LogP contribution < -0.4 is 0 Å². The largest absolute Gasteiger partial charge is 0.481 e. The molecule has 6 unspecified atom stereocenters. The van der Waals surface area contributed by atoms with Crippen LogP contribution in [0.3, 0.4) is 0 Å². The number of aliphatic carboxylic acids is 1. The minimum atomic E-state index is -1.32. The van der Waals surface area contributed by atoms with Gasteiger partial charge >= 0.3 is 5.97 Å². The molecule has 0 bridgehead atoms. The fourth-order valence-electron chi connectivity index (χ4n) is 3.25. The van der Waals surface area contributed by atoms with E-state index in [4.69, 9.17) is 9.84 Å². The topological polar surface area (TPSA) is 127 Å². The minimum Gasteiger partial charge on any atom is -0.481 e. The van der Waals surface area contributed by atoms with Crippen LogP contribution in [0.5, 0.6) is 0 Å². The fraction of sp³-hybridized carbons (Fsp3) is 0.737. The minimum absolute atomic E-state index is 0.217. The Balaban J connectivity index is 1.66. The fourth-order valence-corrected chi connectivity index (χ4v) is 4.51. The smallest absolute Gasteiger partial charge is 0.303 e. The second-order valence-corrected chi connectivity index (χ2v) is 8.30. The van der Waals surface area contributed by atoms with Crippen molar-refractivity contribution in [3.05, 3.63) is 23.8 Å². The monoisotopic (exact) mass is 402 g/mol. The maximum atomic E-state index is 10.5. The van der Waals surface area contributed by atoms with Gasteiger partial charge in [0.2, 0.25) is 0 Å². The van der Waals surface area contributed by atoms with E-state index in [1.54, 1.807) is 0 Å². The van der Waals surface area contributed by atoms with Crippen molar-refractivity contribution in [3.63, 3.8) is 0 Å². The maximum absolute atomic E-state index is 10.5. The molecule has 1 heterocycles. The molecule has 1 aliphatic carbocycles. The van der Waals surface area contributed by atoms with Crippen molar-refractivity contribution < 1.29 is 35.1 Å². The van der Waals surface area contributed by atoms with Gasteiger partial charge in [0.05, 0.1) is 6.61 Å². The Labute approximate surface area is 163 Å². The van der Waals surface area contributed by atoms with Crippen LogP contribution in [-0.2, 0) is 9.53 Å². The summed E-state index contributed by atoms with van der Waals surface area (Å²) in [5, 5.41) is 47.5. The van der Waals surface area contributed by atoms with E-state index in [-0.39, 0.29) is 6.42 Å². The average Bonchev–Trinajstić information content (AvgIpc) is 2.66. The van der Waals surface area contributed by atoms with Gasteiger partial charge in [0.15, 0.2) is 0 Å². The molecule has 154 valence electrons. The molecule has 6 atom stereocenters. The zero-order valence-electron chi connectivity index (χ0n) is 15.3. The number of hydrogen-bond acceptors (Lipinski definition) is 7. The second-order valence-electron chi connectivity index (χ2n) is 7.09. The lowest BCUT2D eigenvalue weighted by Gasteiger charge is -2.39. The zero-order chi connectivity index (χ0) is 19.8. The third-order valence-electron chi connectivity index (χ3n) is 4.99. The van der Waals surface area contributed by atoms with Crippen LogP contribution in [0, 0.1) is 5.92 Å². The summed E-state index contributed by atoms with van der Waals surface area (Å²) in [7, 11) is 0. The standard InChI is InChI=1S/C19H30O7S/c20-11-14-16(23)17(24)18(25)19(26-14)27-10-9-13-7-5-12(6-8-13)3-1-2-4-15(21)22/h5-7,13-14,16-20,23-25H,1-4,8-11H2,(H,21,22). The van der Waals surface area contributed by atoms with Gasteiger partial charge < -0.3 is 30.3 Å². The summed E-state index contributed by atoms with van der Waals surface area (Å²) in [6.07, 6.45) is 6.28. The van der Waals surface area contributed by atoms with Gasteiger partial charge in [-0.3, -0.25) is 4.79 Å². The Morgan fingerprint density at radius 2 is 1.96 bits per heavy atom. The Kier molecular flexibility index (Phi) is 9.28. The van der Waals surface area contributed by atoms with Crippen molar-refractivity contribution in [1.82, 2.24) is 0 Å². The summed E-state index contributed by atoms with van der Waals surface area (Å²) in [6.45, 7) is -0.409. The SMILES string of the molecule is O=C(O)CCCCC1=CCC(CCSC2OC(CO)C(O)C(O)C2O)C=C1. The van der Waals surface area contributed by atoms with E-state index in [1.807, 2.05) is 0 Å². The highest BCUT2D eigenvalue weighted by Gasteiger charge is 2.43. The molecule has 2 aliphatic rings. The second kappa shape index (κ2) is 11.2. The number of aliphatic hydroxyl groups excluding tert-OH is 4. The molecule has 0 amide bonds. The van der Waals surface area contributed by atoms with Gasteiger partial charge in [-0.2, -0.15) is 0 Å². The van der Waals surface area contributed by atoms with E-state index < -0.39 is 42.4 Å². The first kappa shape index (κ1) is 22.4. The van der Waals surface area contributed by atoms with Gasteiger partial charge in [-0.25, -0.2) is 0 Å². The van der Waals surface area contributed by atoms with E-state index in [0.717, 1.165) is 31.4 Å². The molecule has 8 heteroatoms. The lowest BCUT2D eigenvalue weighted by Crippen LogP contribution is -2.57. The van der Waals surface area contributed by atoms with Crippen molar-refractivity contribution in [2.24, 2.45) is 5.92 Å². The maximum Gasteiger partial charge on any atom is 0.303 e. The highest BCUT2D eigenvalue weighted by atomic mass is 32.2. The number of carboxylic acids is 1. The van der Waals surface area contributed by atoms with E-state index in [0.29, 0.717) is 12.3 Å². The number of thioether (sulfide) groups is 1. The van der Waals surface area contributed by atoms with Crippen LogP contribution in [0.4, 0.5) is 0 Å². The Morgan fingerprint density at radius 3 is 2.59 bits per heavy atom. The van der Waals surface area contributed by atoms with Crippen molar-refractivity contribution in [1.29, 1.82) is 0 Å². The molecule has 1 aliphatic heterocycles. The molecular weight excluding hydrogens is 372 g/mol. The van der Waals surface area contributed by atoms with Gasteiger partial charge in [0.1, 0.15) is 29.9 Å². The van der Waals surface area contributed by atoms with E-state index in [1.165, 1.54) is 17.3 Å². The number of rotatable bonds is 10. The van der Waals surface area contributed by atoms with E-state index in [2.05, 4.69) is 18.2 Å². The van der Waals surface area contributed by atoms with Crippen LogP contribution in [0.1, 0.15) is 38.5 Å². The van der Waals surface area contributed by atoms with Crippen molar-refractivity contribution >= 4 is 17.7 Å². The first-order valence-corrected chi connectivity index (χ1v) is 10.5. The lowest BCUT2D eigenvalue weighted by atomic mass is 9.92. The number of allylic oxidation sites excluding steroid dienone is 4. The molecule has 27 heavy (non-hydrogen) atoms. The lowest BCUT2D eigenvalue weighted by molar-refractivity contribution is -0.205. The molecule has 0 saturated carbocycles. The van der Waals surface area contributed by atoms with Gasteiger partial charge in [-0.15, -0.1) is 11.8 Å². The van der Waals surface area contributed by atoms with Gasteiger partial charge in [-0.1, -0.05) is 23.8 Å². The molecule has 0 radical (unpaired) electrons. The molecule has 2 rings (SSSR count). The molecule has 5 N–H and O–H groups in total. The van der Waals surface area contributed by atoms with Crippen molar-refractivity contribution in [3.8, 4) is 0 Å². The number of aliphatic hydroxyl groups is 4. The zero-order valence-corrected chi connectivity index (χ0v) is 16.1. The Morgan fingerprint density at radius 1 is 1.19 bits per heavy atom. The molecule has 1 fully saturated rings. The third-order valence-corrected chi connectivity index (χ3v) is 6.18. The molecule has 7 nitrogen and oxygen atoms in total. The van der Waals surface area contributed by atoms with Crippen LogP contribution in [-0.4, -0.2) is 73.7 Å². The summed E-state index contributed by atoms with van der Waals surface area (Å²) in [4.78, 5) is 10.5. The van der Waals surface area contributed by atoms with E-state index >= 15 is 0 Å². The predicted octanol–water partition coefficient (Wildman–Crippen LogP) is 1.06. The first-order chi connectivity index (χ1) is 12.9. The van der Waals surface area contributed by atoms with Gasteiger partial charge in [-0.05, 0) is 43.8 Å². The number of hydrogen-bond donors (Lipinski definition) is 5. The van der Waals surface area contributed by atoms with Crippen LogP contribution >= 0.6 is 11.8 Å². The molecule has 0 aromatic heterocycles. The number of carbonyl (C=O) groups is 1. The summed E-state index contributed by atoms with van der Waals surface area (Å²) >= 11 is 1.38. The van der Waals surface area contributed by atoms with Crippen LogP contribution in [0.2, 0.25) is 0 Å². The van der Waals surface area contributed by atoms with E-state index in [9.17, 15) is 25.2 Å². The first-order valence-electron chi connectivity index (χ1n) is 9.43. The quantitative estimate of drug-likeness (QED) is 0.343. The van der Waals surface area contributed by atoms with Crippen molar-refractivity contribution in [2.45, 2.75) is 68.4 Å². The number of unbranched alkanes of at least 4 members (excludes halogenated alkanes) is 1. The third kappa shape index (κ3) is 6.89. The van der Waals surface area contributed by atoms with Gasteiger partial charge in [0.25, 0.3) is 0 Å². The van der Waals surface area contributed by atoms with Gasteiger partial charge in [0, 0.05) is 6.42 Å². The summed E-state index contributed by atoms with van der Waals surface area (Å²) < 4.78 is 5.49.